The van der Waals surface area contributed by atoms with E-state index < -0.39 is 0 Å². The van der Waals surface area contributed by atoms with Crippen LogP contribution in [0.4, 0.5) is 0 Å². The third-order valence-corrected chi connectivity index (χ3v) is 6.25. The first-order chi connectivity index (χ1) is 14.3. The van der Waals surface area contributed by atoms with Crippen LogP contribution < -0.4 is 5.32 Å². The van der Waals surface area contributed by atoms with Gasteiger partial charge in [0, 0.05) is 17.5 Å². The summed E-state index contributed by atoms with van der Waals surface area (Å²) in [4.78, 5) is 15.4. The van der Waals surface area contributed by atoms with Crippen molar-refractivity contribution >= 4 is 16.9 Å². The maximum Gasteiger partial charge on any atom is 0.287 e. The van der Waals surface area contributed by atoms with Crippen molar-refractivity contribution in [2.75, 3.05) is 19.6 Å². The molecule has 1 aromatic heterocycles. The summed E-state index contributed by atoms with van der Waals surface area (Å²) in [5.41, 5.74) is 4.37. The van der Waals surface area contributed by atoms with Gasteiger partial charge in [0.05, 0.1) is 6.04 Å². The van der Waals surface area contributed by atoms with Crippen molar-refractivity contribution < 1.29 is 9.21 Å². The largest absolute Gasteiger partial charge is 0.451 e. The lowest BCUT2D eigenvalue weighted by atomic mass is 9.86. The summed E-state index contributed by atoms with van der Waals surface area (Å²) in [7, 11) is 0. The van der Waals surface area contributed by atoms with Gasteiger partial charge < -0.3 is 9.73 Å². The Hall–Kier alpha value is -2.59. The van der Waals surface area contributed by atoms with Crippen molar-refractivity contribution in [3.63, 3.8) is 0 Å². The van der Waals surface area contributed by atoms with Gasteiger partial charge in [-0.15, -0.1) is 0 Å². The fourth-order valence-corrected chi connectivity index (χ4v) is 4.38. The van der Waals surface area contributed by atoms with Crippen LogP contribution in [0.15, 0.2) is 52.9 Å². The number of hydrogen-bond donors (Lipinski definition) is 1. The molecule has 0 radical (unpaired) electrons. The first kappa shape index (κ1) is 20.7. The van der Waals surface area contributed by atoms with Gasteiger partial charge in [-0.05, 0) is 55.5 Å². The zero-order valence-corrected chi connectivity index (χ0v) is 18.5. The number of likely N-dealkylation sites (tertiary alicyclic amines) is 1. The zero-order valence-electron chi connectivity index (χ0n) is 18.5. The predicted octanol–water partition coefficient (Wildman–Crippen LogP) is 5.61. The second-order valence-corrected chi connectivity index (χ2v) is 9.39. The number of hydrogen-bond acceptors (Lipinski definition) is 3. The molecule has 1 amide bonds. The van der Waals surface area contributed by atoms with Crippen molar-refractivity contribution in [2.45, 2.75) is 52.0 Å². The van der Waals surface area contributed by atoms with Crippen LogP contribution in [-0.2, 0) is 5.41 Å². The van der Waals surface area contributed by atoms with E-state index in [0.29, 0.717) is 12.3 Å². The number of furan rings is 1. The summed E-state index contributed by atoms with van der Waals surface area (Å²) in [5, 5.41) is 4.14. The lowest BCUT2D eigenvalue weighted by molar-refractivity contribution is 0.0911. The third-order valence-electron chi connectivity index (χ3n) is 6.25. The number of nitrogens with zero attached hydrogens (tertiary/aromatic N) is 1. The van der Waals surface area contributed by atoms with Crippen molar-refractivity contribution in [1.82, 2.24) is 10.2 Å². The van der Waals surface area contributed by atoms with Gasteiger partial charge in [0.15, 0.2) is 5.76 Å². The van der Waals surface area contributed by atoms with Gasteiger partial charge in [0.25, 0.3) is 5.91 Å². The lowest BCUT2D eigenvalue weighted by Crippen LogP contribution is -2.37. The second-order valence-electron chi connectivity index (χ2n) is 9.39. The van der Waals surface area contributed by atoms with E-state index in [1.807, 2.05) is 31.2 Å². The average molecular weight is 405 g/mol. The molecule has 30 heavy (non-hydrogen) atoms. The number of carbonyl (C=O) groups excluding carboxylic acids is 1. The molecule has 1 atom stereocenters. The van der Waals surface area contributed by atoms with Crippen molar-refractivity contribution in [3.8, 4) is 0 Å². The molecule has 0 spiro atoms. The Balaban J connectivity index is 1.53. The number of amides is 1. The topological polar surface area (TPSA) is 45.5 Å². The van der Waals surface area contributed by atoms with Gasteiger partial charge in [-0.25, -0.2) is 0 Å². The average Bonchev–Trinajstić information content (AvgIpc) is 3.37. The van der Waals surface area contributed by atoms with Gasteiger partial charge in [-0.1, -0.05) is 63.2 Å². The first-order valence-corrected chi connectivity index (χ1v) is 11.0. The molecule has 4 rings (SSSR count). The molecule has 0 bridgehead atoms. The fraction of sp³-hybridized carbons (Fsp3) is 0.423. The molecule has 1 fully saturated rings. The molecule has 2 heterocycles. The number of benzene rings is 2. The summed E-state index contributed by atoms with van der Waals surface area (Å²) in [6.07, 6.45) is 2.43. The molecule has 1 saturated heterocycles. The van der Waals surface area contributed by atoms with Crippen molar-refractivity contribution in [2.24, 2.45) is 0 Å². The van der Waals surface area contributed by atoms with Crippen LogP contribution in [0.25, 0.3) is 11.0 Å². The minimum atomic E-state index is -0.140. The summed E-state index contributed by atoms with van der Waals surface area (Å²) >= 11 is 0. The van der Waals surface area contributed by atoms with Crippen LogP contribution in [-0.4, -0.2) is 30.4 Å². The van der Waals surface area contributed by atoms with E-state index in [4.69, 9.17) is 4.42 Å². The molecule has 0 unspecified atom stereocenters. The van der Waals surface area contributed by atoms with E-state index in [-0.39, 0.29) is 17.4 Å². The van der Waals surface area contributed by atoms with Crippen molar-refractivity contribution in [1.29, 1.82) is 0 Å². The Morgan fingerprint density at radius 2 is 1.73 bits per heavy atom. The molecule has 0 saturated carbocycles. The van der Waals surface area contributed by atoms with Crippen LogP contribution in [0, 0.1) is 6.92 Å². The molecular formula is C26H32N2O2. The van der Waals surface area contributed by atoms with E-state index in [0.717, 1.165) is 29.6 Å². The van der Waals surface area contributed by atoms with Crippen LogP contribution in [0.3, 0.4) is 0 Å². The van der Waals surface area contributed by atoms with Crippen LogP contribution in [0.2, 0.25) is 0 Å². The van der Waals surface area contributed by atoms with Crippen LogP contribution >= 0.6 is 0 Å². The summed E-state index contributed by atoms with van der Waals surface area (Å²) in [6, 6.07) is 16.9. The van der Waals surface area contributed by atoms with Gasteiger partial charge >= 0.3 is 0 Å². The SMILES string of the molecule is Cc1c(C(=O)NC[C@H](c2ccc(C(C)(C)C)cc2)N2CCCC2)oc2ccccc12. The van der Waals surface area contributed by atoms with Crippen LogP contribution in [0.5, 0.6) is 0 Å². The zero-order chi connectivity index (χ0) is 21.3. The molecular weight excluding hydrogens is 372 g/mol. The Labute approximate surface area is 179 Å². The second kappa shape index (κ2) is 8.27. The molecule has 1 aliphatic rings. The molecule has 0 aliphatic carbocycles. The van der Waals surface area contributed by atoms with E-state index >= 15 is 0 Å². The van der Waals surface area contributed by atoms with Crippen molar-refractivity contribution in [3.05, 3.63) is 71.0 Å². The molecule has 1 N–H and O–H groups in total. The van der Waals surface area contributed by atoms with Gasteiger partial charge in [0.1, 0.15) is 5.58 Å². The number of aryl methyl sites for hydroxylation is 1. The minimum Gasteiger partial charge on any atom is -0.451 e. The quantitative estimate of drug-likeness (QED) is 0.601. The third kappa shape index (κ3) is 4.15. The molecule has 2 aromatic carbocycles. The standard InChI is InChI=1S/C26H32N2O2/c1-18-21-9-5-6-10-23(21)30-24(18)25(29)27-17-22(28-15-7-8-16-28)19-11-13-20(14-12-19)26(2,3)4/h5-6,9-14,22H,7-8,15-17H2,1-4H3,(H,27,29)/t22-/m1/s1. The predicted molar refractivity (Wildman–Crippen MR) is 122 cm³/mol. The van der Waals surface area contributed by atoms with Gasteiger partial charge in [0.2, 0.25) is 0 Å². The maximum absolute atomic E-state index is 12.9. The summed E-state index contributed by atoms with van der Waals surface area (Å²) in [6.45, 7) is 11.4. The number of carbonyl (C=O) groups is 1. The van der Waals surface area contributed by atoms with Crippen LogP contribution in [0.1, 0.15) is 66.9 Å². The molecule has 4 heteroatoms. The Morgan fingerprint density at radius 1 is 1.07 bits per heavy atom. The smallest absolute Gasteiger partial charge is 0.287 e. The molecule has 158 valence electrons. The summed E-state index contributed by atoms with van der Waals surface area (Å²) in [5.74, 6) is 0.277. The van der Waals surface area contributed by atoms with E-state index in [1.54, 1.807) is 0 Å². The van der Waals surface area contributed by atoms with E-state index in [9.17, 15) is 4.79 Å². The number of para-hydroxylation sites is 1. The highest BCUT2D eigenvalue weighted by atomic mass is 16.3. The number of fused-ring (bicyclic) bond motifs is 1. The molecule has 3 aromatic rings. The van der Waals surface area contributed by atoms with E-state index in [1.165, 1.54) is 24.0 Å². The van der Waals surface area contributed by atoms with Gasteiger partial charge in [-0.2, -0.15) is 0 Å². The fourth-order valence-electron chi connectivity index (χ4n) is 4.38. The highest BCUT2D eigenvalue weighted by molar-refractivity contribution is 5.98. The Kier molecular flexibility index (Phi) is 5.70. The van der Waals surface area contributed by atoms with Gasteiger partial charge in [-0.3, -0.25) is 9.69 Å². The molecule has 1 aliphatic heterocycles. The Bertz CT molecular complexity index is 1020. The van der Waals surface area contributed by atoms with E-state index in [2.05, 4.69) is 55.3 Å². The highest BCUT2D eigenvalue weighted by Gasteiger charge is 2.26. The Morgan fingerprint density at radius 3 is 2.37 bits per heavy atom. The number of rotatable bonds is 5. The lowest BCUT2D eigenvalue weighted by Gasteiger charge is -2.29. The molecule has 4 nitrogen and oxygen atoms in total. The summed E-state index contributed by atoms with van der Waals surface area (Å²) < 4.78 is 5.85. The normalized spacial score (nSPS) is 16.1. The highest BCUT2D eigenvalue weighted by Crippen LogP contribution is 2.29. The first-order valence-electron chi connectivity index (χ1n) is 11.0. The maximum atomic E-state index is 12.9. The monoisotopic (exact) mass is 404 g/mol. The minimum absolute atomic E-state index is 0.134. The number of nitrogens with one attached hydrogen (secondary N) is 1.